The molecule has 1 aliphatic rings. The standard InChI is InChI=1S/C34H40N2O3/c1-6-10-15-22-36-24(5)32(27-17-12-14-19-30(27)36)34(28-18-13-11-16-26(28)33(37)39-34)29-21-20-25(35(7-2)8-3)23-31(29)38-9-4/h11-14,16-21,23H,6-10,15,22H2,1-5H3. The number of nitrogens with zero attached hydrogens (tertiary/aromatic N) is 2. The predicted octanol–water partition coefficient (Wildman–Crippen LogP) is 7.85. The molecular weight excluding hydrogens is 484 g/mol. The average Bonchev–Trinajstić information content (AvgIpc) is 3.41. The Kier molecular flexibility index (Phi) is 7.69. The highest BCUT2D eigenvalue weighted by Crippen LogP contribution is 2.53. The molecule has 204 valence electrons. The van der Waals surface area contributed by atoms with E-state index in [1.807, 2.05) is 31.2 Å². The summed E-state index contributed by atoms with van der Waals surface area (Å²) in [7, 11) is 0. The minimum atomic E-state index is -1.13. The molecule has 0 spiro atoms. The van der Waals surface area contributed by atoms with Crippen molar-refractivity contribution in [2.24, 2.45) is 0 Å². The topological polar surface area (TPSA) is 43.7 Å². The number of carbonyl (C=O) groups is 1. The second kappa shape index (κ2) is 11.2. The van der Waals surface area contributed by atoms with E-state index in [0.29, 0.717) is 12.2 Å². The van der Waals surface area contributed by atoms with E-state index >= 15 is 0 Å². The number of esters is 1. The first-order valence-electron chi connectivity index (χ1n) is 14.4. The fourth-order valence-electron chi connectivity index (χ4n) is 6.28. The molecular formula is C34H40N2O3. The molecule has 0 amide bonds. The van der Waals surface area contributed by atoms with E-state index in [-0.39, 0.29) is 5.97 Å². The third-order valence-corrected chi connectivity index (χ3v) is 8.11. The second-order valence-electron chi connectivity index (χ2n) is 10.2. The van der Waals surface area contributed by atoms with Gasteiger partial charge in [0.05, 0.1) is 12.2 Å². The zero-order valence-corrected chi connectivity index (χ0v) is 23.9. The van der Waals surface area contributed by atoms with Crippen molar-refractivity contribution < 1.29 is 14.3 Å². The van der Waals surface area contributed by atoms with Crippen LogP contribution in [0.3, 0.4) is 0 Å². The first-order chi connectivity index (χ1) is 19.0. The van der Waals surface area contributed by atoms with Gasteiger partial charge in [-0.15, -0.1) is 0 Å². The lowest BCUT2D eigenvalue weighted by Crippen LogP contribution is -2.31. The number of carbonyl (C=O) groups excluding carboxylic acids is 1. The van der Waals surface area contributed by atoms with Crippen molar-refractivity contribution in [2.75, 3.05) is 24.6 Å². The molecule has 0 radical (unpaired) electrons. The highest BCUT2D eigenvalue weighted by atomic mass is 16.6. The lowest BCUT2D eigenvalue weighted by Gasteiger charge is -2.33. The number of benzene rings is 3. The molecule has 1 aliphatic heterocycles. The summed E-state index contributed by atoms with van der Waals surface area (Å²) in [6, 6.07) is 22.7. The van der Waals surface area contributed by atoms with E-state index in [0.717, 1.165) is 71.7 Å². The van der Waals surface area contributed by atoms with Crippen molar-refractivity contribution in [3.05, 3.63) is 94.7 Å². The van der Waals surface area contributed by atoms with Crippen molar-refractivity contribution in [1.29, 1.82) is 0 Å². The zero-order valence-electron chi connectivity index (χ0n) is 23.9. The number of aromatic nitrogens is 1. The molecule has 0 bridgehead atoms. The molecule has 1 atom stereocenters. The summed E-state index contributed by atoms with van der Waals surface area (Å²) < 4.78 is 15.4. The number of ether oxygens (including phenoxy) is 2. The number of aryl methyl sites for hydroxylation is 1. The molecule has 5 heteroatoms. The number of anilines is 1. The Morgan fingerprint density at radius 3 is 2.38 bits per heavy atom. The fraction of sp³-hybridized carbons (Fsp3) is 0.382. The SMILES string of the molecule is CCCCCn1c(C)c(C2(c3ccc(N(CC)CC)cc3OCC)OC(=O)c3ccccc32)c2ccccc21. The quantitative estimate of drug-likeness (QED) is 0.148. The summed E-state index contributed by atoms with van der Waals surface area (Å²) in [5.74, 6) is 0.441. The first-order valence-corrected chi connectivity index (χ1v) is 14.4. The van der Waals surface area contributed by atoms with Crippen LogP contribution >= 0.6 is 0 Å². The van der Waals surface area contributed by atoms with Crippen LogP contribution in [0.2, 0.25) is 0 Å². The number of unbranched alkanes of at least 4 members (excludes halogenated alkanes) is 2. The summed E-state index contributed by atoms with van der Waals surface area (Å²) in [6.07, 6.45) is 3.43. The number of rotatable bonds is 11. The monoisotopic (exact) mass is 524 g/mol. The average molecular weight is 525 g/mol. The maximum Gasteiger partial charge on any atom is 0.340 e. The van der Waals surface area contributed by atoms with Crippen LogP contribution in [0.1, 0.15) is 79.7 Å². The normalized spacial score (nSPS) is 16.4. The Hall–Kier alpha value is -3.73. The Morgan fingerprint density at radius 1 is 0.897 bits per heavy atom. The van der Waals surface area contributed by atoms with Crippen LogP contribution in [0.25, 0.3) is 10.9 Å². The van der Waals surface area contributed by atoms with Gasteiger partial charge in [-0.2, -0.15) is 0 Å². The smallest absolute Gasteiger partial charge is 0.340 e. The fourth-order valence-corrected chi connectivity index (χ4v) is 6.28. The van der Waals surface area contributed by atoms with Crippen LogP contribution in [-0.2, 0) is 16.9 Å². The molecule has 0 saturated heterocycles. The number of para-hydroxylation sites is 1. The molecule has 5 rings (SSSR count). The third-order valence-electron chi connectivity index (χ3n) is 8.11. The number of cyclic esters (lactones) is 1. The highest BCUT2D eigenvalue weighted by Gasteiger charge is 2.52. The maximum absolute atomic E-state index is 13.6. The lowest BCUT2D eigenvalue weighted by molar-refractivity contribution is 0.0246. The molecule has 0 aliphatic carbocycles. The minimum absolute atomic E-state index is 0.303. The molecule has 4 aromatic rings. The van der Waals surface area contributed by atoms with Crippen molar-refractivity contribution >= 4 is 22.6 Å². The van der Waals surface area contributed by atoms with Gasteiger partial charge in [-0.1, -0.05) is 56.2 Å². The maximum atomic E-state index is 13.6. The summed E-state index contributed by atoms with van der Waals surface area (Å²) in [6.45, 7) is 13.9. The Bertz CT molecular complexity index is 1480. The van der Waals surface area contributed by atoms with Gasteiger partial charge in [0.15, 0.2) is 5.60 Å². The van der Waals surface area contributed by atoms with Gasteiger partial charge < -0.3 is 18.9 Å². The second-order valence-corrected chi connectivity index (χ2v) is 10.2. The molecule has 0 N–H and O–H groups in total. The van der Waals surface area contributed by atoms with Crippen LogP contribution < -0.4 is 9.64 Å². The van der Waals surface area contributed by atoms with Gasteiger partial charge in [0.1, 0.15) is 5.75 Å². The van der Waals surface area contributed by atoms with Gasteiger partial charge in [-0.25, -0.2) is 4.79 Å². The van der Waals surface area contributed by atoms with Crippen LogP contribution in [0.15, 0.2) is 66.7 Å². The third kappa shape index (κ3) is 4.38. The van der Waals surface area contributed by atoms with Crippen molar-refractivity contribution in [3.63, 3.8) is 0 Å². The number of fused-ring (bicyclic) bond motifs is 2. The van der Waals surface area contributed by atoms with E-state index < -0.39 is 5.60 Å². The first kappa shape index (κ1) is 26.9. The van der Waals surface area contributed by atoms with Gasteiger partial charge in [-0.3, -0.25) is 0 Å². The van der Waals surface area contributed by atoms with E-state index in [1.165, 1.54) is 11.9 Å². The van der Waals surface area contributed by atoms with Crippen LogP contribution in [0.5, 0.6) is 5.75 Å². The minimum Gasteiger partial charge on any atom is -0.493 e. The number of hydrogen-bond donors (Lipinski definition) is 0. The van der Waals surface area contributed by atoms with E-state index in [1.54, 1.807) is 0 Å². The van der Waals surface area contributed by atoms with Crippen LogP contribution in [0.4, 0.5) is 5.69 Å². The molecule has 0 saturated carbocycles. The van der Waals surface area contributed by atoms with E-state index in [4.69, 9.17) is 9.47 Å². The van der Waals surface area contributed by atoms with Crippen molar-refractivity contribution in [1.82, 2.24) is 4.57 Å². The molecule has 3 aromatic carbocycles. The molecule has 1 aromatic heterocycles. The molecule has 1 unspecified atom stereocenters. The van der Waals surface area contributed by atoms with E-state index in [2.05, 4.69) is 79.6 Å². The van der Waals surface area contributed by atoms with Crippen molar-refractivity contribution in [2.45, 2.75) is 66.0 Å². The Labute approximate surface area is 232 Å². The van der Waals surface area contributed by atoms with Crippen LogP contribution in [0, 0.1) is 6.92 Å². The summed E-state index contributed by atoms with van der Waals surface area (Å²) in [5.41, 5.74) is 5.60. The van der Waals surface area contributed by atoms with E-state index in [9.17, 15) is 4.79 Å². The number of hydrogen-bond acceptors (Lipinski definition) is 4. The van der Waals surface area contributed by atoms with Gasteiger partial charge >= 0.3 is 5.97 Å². The highest BCUT2D eigenvalue weighted by molar-refractivity contribution is 5.99. The van der Waals surface area contributed by atoms with Gasteiger partial charge in [0, 0.05) is 64.7 Å². The van der Waals surface area contributed by atoms with Crippen molar-refractivity contribution in [3.8, 4) is 5.75 Å². The van der Waals surface area contributed by atoms with Gasteiger partial charge in [-0.05, 0) is 58.4 Å². The van der Waals surface area contributed by atoms with Gasteiger partial charge in [0.25, 0.3) is 0 Å². The molecule has 5 nitrogen and oxygen atoms in total. The molecule has 2 heterocycles. The lowest BCUT2D eigenvalue weighted by atomic mass is 9.78. The van der Waals surface area contributed by atoms with Gasteiger partial charge in [0.2, 0.25) is 0 Å². The Balaban J connectivity index is 1.85. The Morgan fingerprint density at radius 2 is 1.64 bits per heavy atom. The summed E-state index contributed by atoms with van der Waals surface area (Å²) >= 11 is 0. The molecule has 39 heavy (non-hydrogen) atoms. The predicted molar refractivity (Wildman–Crippen MR) is 159 cm³/mol. The molecule has 0 fully saturated rings. The zero-order chi connectivity index (χ0) is 27.6. The summed E-state index contributed by atoms with van der Waals surface area (Å²) in [4.78, 5) is 15.9. The largest absolute Gasteiger partial charge is 0.493 e. The summed E-state index contributed by atoms with van der Waals surface area (Å²) in [5, 5.41) is 1.10. The van der Waals surface area contributed by atoms with Crippen LogP contribution in [-0.4, -0.2) is 30.2 Å².